The Balaban J connectivity index is 1.90. The van der Waals surface area contributed by atoms with E-state index in [1.165, 1.54) is 0 Å². The van der Waals surface area contributed by atoms with Crippen LogP contribution in [0, 0.1) is 6.92 Å². The Hall–Kier alpha value is -2.62. The summed E-state index contributed by atoms with van der Waals surface area (Å²) in [7, 11) is 0. The Morgan fingerprint density at radius 3 is 2.63 bits per heavy atom. The van der Waals surface area contributed by atoms with E-state index in [-0.39, 0.29) is 0 Å². The number of nitrogens with zero attached hydrogens (tertiary/aromatic N) is 2. The third-order valence-corrected chi connectivity index (χ3v) is 3.14. The van der Waals surface area contributed by atoms with Crippen molar-refractivity contribution < 1.29 is 4.74 Å². The molecule has 0 atom stereocenters. The molecule has 0 aliphatic carbocycles. The Kier molecular flexibility index (Phi) is 2.00. The summed E-state index contributed by atoms with van der Waals surface area (Å²) in [6.07, 6.45) is 0. The average molecular weight is 249 g/mol. The van der Waals surface area contributed by atoms with E-state index in [4.69, 9.17) is 4.74 Å². The Morgan fingerprint density at radius 2 is 1.79 bits per heavy atom. The number of para-hydroxylation sites is 2. The Labute approximate surface area is 110 Å². The van der Waals surface area contributed by atoms with Crippen LogP contribution in [0.1, 0.15) is 5.56 Å². The first kappa shape index (κ1) is 10.3. The maximum Gasteiger partial charge on any atom is 0.263 e. The van der Waals surface area contributed by atoms with Gasteiger partial charge in [0.2, 0.25) is 0 Å². The minimum atomic E-state index is 0.525. The molecule has 0 saturated heterocycles. The molecule has 0 fully saturated rings. The lowest BCUT2D eigenvalue weighted by Gasteiger charge is -2.20. The van der Waals surface area contributed by atoms with Gasteiger partial charge in [-0.25, -0.2) is 9.97 Å². The van der Waals surface area contributed by atoms with Gasteiger partial charge in [0.05, 0.1) is 16.7 Å². The third kappa shape index (κ3) is 1.61. The number of hydrogen-bond acceptors (Lipinski definition) is 4. The minimum Gasteiger partial charge on any atom is -0.434 e. The second kappa shape index (κ2) is 3.68. The van der Waals surface area contributed by atoms with E-state index in [1.807, 2.05) is 49.4 Å². The molecule has 3 aromatic rings. The van der Waals surface area contributed by atoms with Crippen molar-refractivity contribution in [3.05, 3.63) is 48.0 Å². The van der Waals surface area contributed by atoms with Crippen molar-refractivity contribution in [3.8, 4) is 11.6 Å². The van der Waals surface area contributed by atoms with Gasteiger partial charge in [0, 0.05) is 0 Å². The van der Waals surface area contributed by atoms with E-state index in [9.17, 15) is 0 Å². The van der Waals surface area contributed by atoms with Crippen LogP contribution in [0.25, 0.3) is 11.0 Å². The highest BCUT2D eigenvalue weighted by Gasteiger charge is 2.19. The summed E-state index contributed by atoms with van der Waals surface area (Å²) in [4.78, 5) is 9.04. The summed E-state index contributed by atoms with van der Waals surface area (Å²) in [6.45, 7) is 2.03. The first-order valence-electron chi connectivity index (χ1n) is 6.12. The smallest absolute Gasteiger partial charge is 0.263 e. The minimum absolute atomic E-state index is 0.525. The normalized spacial score (nSPS) is 12.3. The topological polar surface area (TPSA) is 47.0 Å². The SMILES string of the molecule is Cc1ccc2c(c1)Oc1nc3ccccc3nc1N2. The lowest BCUT2D eigenvalue weighted by Crippen LogP contribution is -2.06. The number of aryl methyl sites for hydroxylation is 1. The Morgan fingerprint density at radius 1 is 1.00 bits per heavy atom. The highest BCUT2D eigenvalue weighted by atomic mass is 16.5. The van der Waals surface area contributed by atoms with Gasteiger partial charge in [-0.05, 0) is 36.8 Å². The van der Waals surface area contributed by atoms with Gasteiger partial charge in [0.1, 0.15) is 0 Å². The molecule has 4 nitrogen and oxygen atoms in total. The van der Waals surface area contributed by atoms with E-state index in [2.05, 4.69) is 15.3 Å². The number of benzene rings is 2. The van der Waals surface area contributed by atoms with Gasteiger partial charge in [0.15, 0.2) is 11.6 Å². The highest BCUT2D eigenvalue weighted by Crippen LogP contribution is 2.40. The number of hydrogen-bond donors (Lipinski definition) is 1. The molecule has 0 spiro atoms. The second-order valence-electron chi connectivity index (χ2n) is 4.59. The van der Waals surface area contributed by atoms with Crippen molar-refractivity contribution in [3.63, 3.8) is 0 Å². The molecular formula is C15H11N3O. The molecule has 0 unspecified atom stereocenters. The van der Waals surface area contributed by atoms with Crippen LogP contribution < -0.4 is 10.1 Å². The van der Waals surface area contributed by atoms with Gasteiger partial charge < -0.3 is 10.1 Å². The van der Waals surface area contributed by atoms with Crippen molar-refractivity contribution in [1.29, 1.82) is 0 Å². The summed E-state index contributed by atoms with van der Waals surface area (Å²) < 4.78 is 5.83. The molecule has 0 amide bonds. The summed E-state index contributed by atoms with van der Waals surface area (Å²) in [6, 6.07) is 13.8. The summed E-state index contributed by atoms with van der Waals surface area (Å²) in [5, 5.41) is 3.26. The summed E-state index contributed by atoms with van der Waals surface area (Å²) >= 11 is 0. The lowest BCUT2D eigenvalue weighted by atomic mass is 10.2. The van der Waals surface area contributed by atoms with Crippen molar-refractivity contribution in [2.45, 2.75) is 6.92 Å². The van der Waals surface area contributed by atoms with Crippen molar-refractivity contribution >= 4 is 22.5 Å². The summed E-state index contributed by atoms with van der Waals surface area (Å²) in [5.74, 6) is 1.98. The second-order valence-corrected chi connectivity index (χ2v) is 4.59. The molecular weight excluding hydrogens is 238 g/mol. The standard InChI is InChI=1S/C15H11N3O/c1-9-6-7-12-13(8-9)19-15-14(17-12)16-10-4-2-3-5-11(10)18-15/h2-8H,1H3,(H,16,17). The number of rotatable bonds is 0. The van der Waals surface area contributed by atoms with Gasteiger partial charge in [-0.1, -0.05) is 18.2 Å². The number of nitrogens with one attached hydrogen (secondary N) is 1. The fraction of sp³-hybridized carbons (Fsp3) is 0.0667. The maximum absolute atomic E-state index is 5.83. The molecule has 1 aliphatic rings. The molecule has 19 heavy (non-hydrogen) atoms. The molecule has 2 heterocycles. The fourth-order valence-corrected chi connectivity index (χ4v) is 2.19. The van der Waals surface area contributed by atoms with Gasteiger partial charge >= 0.3 is 0 Å². The molecule has 1 aromatic heterocycles. The predicted octanol–water partition coefficient (Wildman–Crippen LogP) is 3.79. The average Bonchev–Trinajstić information content (AvgIpc) is 2.43. The van der Waals surface area contributed by atoms with Crippen LogP contribution in [0.2, 0.25) is 0 Å². The number of anilines is 2. The Bertz CT molecular complexity index is 798. The number of fused-ring (bicyclic) bond motifs is 3. The van der Waals surface area contributed by atoms with E-state index < -0.39 is 0 Å². The maximum atomic E-state index is 5.83. The quantitative estimate of drug-likeness (QED) is 0.515. The largest absolute Gasteiger partial charge is 0.434 e. The molecule has 1 N–H and O–H groups in total. The molecule has 1 aliphatic heterocycles. The van der Waals surface area contributed by atoms with E-state index in [0.717, 1.165) is 28.0 Å². The third-order valence-electron chi connectivity index (χ3n) is 3.14. The van der Waals surface area contributed by atoms with Crippen LogP contribution in [0.3, 0.4) is 0 Å². The van der Waals surface area contributed by atoms with Gasteiger partial charge in [-0.2, -0.15) is 0 Å². The highest BCUT2D eigenvalue weighted by molar-refractivity contribution is 5.81. The molecule has 2 aromatic carbocycles. The molecule has 0 bridgehead atoms. The van der Waals surface area contributed by atoms with Gasteiger partial charge in [-0.15, -0.1) is 0 Å². The molecule has 0 radical (unpaired) electrons. The number of ether oxygens (including phenoxy) is 1. The van der Waals surface area contributed by atoms with Crippen molar-refractivity contribution in [2.75, 3.05) is 5.32 Å². The van der Waals surface area contributed by atoms with Crippen LogP contribution >= 0.6 is 0 Å². The van der Waals surface area contributed by atoms with Crippen LogP contribution in [-0.4, -0.2) is 9.97 Å². The zero-order valence-corrected chi connectivity index (χ0v) is 10.3. The molecule has 4 heteroatoms. The van der Waals surface area contributed by atoms with Crippen LogP contribution in [0.15, 0.2) is 42.5 Å². The lowest BCUT2D eigenvalue weighted by molar-refractivity contribution is 0.461. The molecule has 0 saturated carbocycles. The molecule has 4 rings (SSSR count). The van der Waals surface area contributed by atoms with Crippen LogP contribution in [0.4, 0.5) is 11.5 Å². The summed E-state index contributed by atoms with van der Waals surface area (Å²) in [5.41, 5.74) is 3.76. The number of aromatic nitrogens is 2. The zero-order valence-electron chi connectivity index (χ0n) is 10.3. The molecule has 92 valence electrons. The zero-order chi connectivity index (χ0) is 12.8. The van der Waals surface area contributed by atoms with Gasteiger partial charge in [0.25, 0.3) is 5.88 Å². The fourth-order valence-electron chi connectivity index (χ4n) is 2.19. The van der Waals surface area contributed by atoms with Crippen LogP contribution in [-0.2, 0) is 0 Å². The first-order valence-corrected chi connectivity index (χ1v) is 6.12. The van der Waals surface area contributed by atoms with Crippen molar-refractivity contribution in [2.24, 2.45) is 0 Å². The van der Waals surface area contributed by atoms with E-state index in [0.29, 0.717) is 11.7 Å². The monoisotopic (exact) mass is 249 g/mol. The van der Waals surface area contributed by atoms with Crippen LogP contribution in [0.5, 0.6) is 11.6 Å². The van der Waals surface area contributed by atoms with Crippen molar-refractivity contribution in [1.82, 2.24) is 9.97 Å². The predicted molar refractivity (Wildman–Crippen MR) is 74.1 cm³/mol. The van der Waals surface area contributed by atoms with Gasteiger partial charge in [-0.3, -0.25) is 0 Å². The van der Waals surface area contributed by atoms with E-state index >= 15 is 0 Å². The van der Waals surface area contributed by atoms with E-state index in [1.54, 1.807) is 0 Å². The first-order chi connectivity index (χ1) is 9.29.